The molecular weight excluding hydrogens is 488 g/mol. The smallest absolute Gasteiger partial charge is 0.261 e. The summed E-state index contributed by atoms with van der Waals surface area (Å²) in [6.45, 7) is 4.59. The molecule has 1 aliphatic carbocycles. The monoisotopic (exact) mass is 516 g/mol. The molecule has 3 fully saturated rings. The van der Waals surface area contributed by atoms with Crippen molar-refractivity contribution in [3.05, 3.63) is 46.3 Å². The Morgan fingerprint density at radius 2 is 2.03 bits per heavy atom. The number of rotatable bonds is 5. The van der Waals surface area contributed by atoms with Crippen LogP contribution in [0.4, 0.5) is 0 Å². The summed E-state index contributed by atoms with van der Waals surface area (Å²) in [5, 5.41) is 12.6. The summed E-state index contributed by atoms with van der Waals surface area (Å²) in [5.74, 6) is 0.642. The van der Waals surface area contributed by atoms with E-state index in [2.05, 4.69) is 25.3 Å². The maximum atomic E-state index is 13.1. The molecule has 2 N–H and O–H groups in total. The molecule has 8 rings (SSSR count). The molecule has 0 radical (unpaired) electrons. The molecule has 2 saturated heterocycles. The average Bonchev–Trinajstić information content (AvgIpc) is 3.56. The van der Waals surface area contributed by atoms with E-state index in [1.807, 2.05) is 26.4 Å². The fourth-order valence-corrected chi connectivity index (χ4v) is 7.25. The van der Waals surface area contributed by atoms with Gasteiger partial charge >= 0.3 is 0 Å². The van der Waals surface area contributed by atoms with Crippen LogP contribution >= 0.6 is 11.3 Å². The lowest BCUT2D eigenvalue weighted by molar-refractivity contribution is 0.0494. The highest BCUT2D eigenvalue weighted by Crippen LogP contribution is 2.35. The van der Waals surface area contributed by atoms with Crippen LogP contribution in [0.3, 0.4) is 0 Å². The Kier molecular flexibility index (Phi) is 5.19. The Morgan fingerprint density at radius 3 is 2.76 bits per heavy atom. The number of carbonyl (C=O) groups excluding carboxylic acids is 1. The van der Waals surface area contributed by atoms with E-state index < -0.39 is 0 Å². The number of piperidine rings is 2. The third-order valence-corrected chi connectivity index (χ3v) is 9.08. The molecule has 3 aliphatic rings. The molecule has 190 valence electrons. The molecule has 11 heteroatoms. The molecule has 1 saturated carbocycles. The first-order chi connectivity index (χ1) is 17.9. The Bertz CT molecular complexity index is 1740. The predicted molar refractivity (Wildman–Crippen MR) is 143 cm³/mol. The molecule has 5 aromatic rings. The highest BCUT2D eigenvalue weighted by Gasteiger charge is 2.33. The van der Waals surface area contributed by atoms with Gasteiger partial charge in [-0.25, -0.2) is 4.52 Å². The number of hydrogen-bond donors (Lipinski definition) is 2. The molecule has 0 spiro atoms. The van der Waals surface area contributed by atoms with Gasteiger partial charge in [-0.2, -0.15) is 10.2 Å². The van der Waals surface area contributed by atoms with Crippen LogP contribution in [0, 0.1) is 12.8 Å². The minimum absolute atomic E-state index is 0.181. The summed E-state index contributed by atoms with van der Waals surface area (Å²) in [6, 6.07) is 2.37. The number of aromatic amines is 1. The lowest BCUT2D eigenvalue weighted by atomic mass is 9.80. The standard InChI is InChI=1S/C26H28N8O2S/c1-14-18(12-32(2)30-14)20-13-34-26(37-20)21-23(31-34)22-19(29-25(21)36)9-16(10-28-22)24(35)27-7-8-33-11-15-3-5-17(33)6-4-15/h9-10,12-13,15,17H,3-8,11H2,1-2H3,(H,27,35)(H,29,36). The number of amides is 1. The highest BCUT2D eigenvalue weighted by atomic mass is 32.1. The molecule has 10 nitrogen and oxygen atoms in total. The third-order valence-electron chi connectivity index (χ3n) is 7.95. The maximum Gasteiger partial charge on any atom is 0.261 e. The fraction of sp³-hybridized carbons (Fsp3) is 0.423. The molecule has 37 heavy (non-hydrogen) atoms. The Labute approximate surface area is 216 Å². The molecule has 1 amide bonds. The van der Waals surface area contributed by atoms with Crippen LogP contribution in [-0.2, 0) is 7.05 Å². The summed E-state index contributed by atoms with van der Waals surface area (Å²) in [5.41, 5.74) is 3.74. The SMILES string of the molecule is Cc1nn(C)cc1-c1cn2nc3c4ncc(C(=O)NCCN5CC6CCC5CC6)cc4[nH]c(=O)c3c2s1. The van der Waals surface area contributed by atoms with Crippen molar-refractivity contribution in [3.8, 4) is 10.4 Å². The zero-order valence-electron chi connectivity index (χ0n) is 20.8. The van der Waals surface area contributed by atoms with Crippen molar-refractivity contribution >= 4 is 44.0 Å². The van der Waals surface area contributed by atoms with Crippen molar-refractivity contribution in [1.29, 1.82) is 0 Å². The topological polar surface area (TPSA) is 113 Å². The number of nitrogens with one attached hydrogen (secondary N) is 2. The second-order valence-corrected chi connectivity index (χ2v) is 11.4. The van der Waals surface area contributed by atoms with Crippen LogP contribution in [0.1, 0.15) is 41.7 Å². The minimum atomic E-state index is -0.242. The van der Waals surface area contributed by atoms with Crippen LogP contribution in [-0.4, -0.2) is 65.8 Å². The first kappa shape index (κ1) is 22.6. The number of H-pyrrole nitrogens is 1. The van der Waals surface area contributed by atoms with E-state index in [4.69, 9.17) is 5.10 Å². The Morgan fingerprint density at radius 1 is 1.19 bits per heavy atom. The van der Waals surface area contributed by atoms with Gasteiger partial charge in [0.1, 0.15) is 21.3 Å². The summed E-state index contributed by atoms with van der Waals surface area (Å²) >= 11 is 1.50. The summed E-state index contributed by atoms with van der Waals surface area (Å²) in [7, 11) is 1.89. The Hall–Kier alpha value is -3.57. The highest BCUT2D eigenvalue weighted by molar-refractivity contribution is 7.21. The lowest BCUT2D eigenvalue weighted by Gasteiger charge is -2.45. The average molecular weight is 517 g/mol. The molecule has 2 bridgehead atoms. The van der Waals surface area contributed by atoms with Crippen LogP contribution in [0.5, 0.6) is 0 Å². The van der Waals surface area contributed by atoms with Crippen molar-refractivity contribution in [2.75, 3.05) is 19.6 Å². The zero-order valence-corrected chi connectivity index (χ0v) is 21.6. The van der Waals surface area contributed by atoms with Gasteiger partial charge in [-0.05, 0) is 44.6 Å². The van der Waals surface area contributed by atoms with Crippen LogP contribution < -0.4 is 10.9 Å². The van der Waals surface area contributed by atoms with Gasteiger partial charge in [0.05, 0.1) is 21.7 Å². The van der Waals surface area contributed by atoms with E-state index in [0.717, 1.165) is 40.0 Å². The van der Waals surface area contributed by atoms with E-state index in [9.17, 15) is 9.59 Å². The number of carbonyl (C=O) groups is 1. The van der Waals surface area contributed by atoms with E-state index in [-0.39, 0.29) is 11.5 Å². The van der Waals surface area contributed by atoms with Gasteiger partial charge in [0.15, 0.2) is 0 Å². The summed E-state index contributed by atoms with van der Waals surface area (Å²) < 4.78 is 3.52. The molecule has 0 unspecified atom stereocenters. The van der Waals surface area contributed by atoms with Gasteiger partial charge in [0.2, 0.25) is 0 Å². The maximum absolute atomic E-state index is 13.1. The van der Waals surface area contributed by atoms with Gasteiger partial charge in [0, 0.05) is 56.9 Å². The number of hydrogen-bond acceptors (Lipinski definition) is 7. The van der Waals surface area contributed by atoms with Crippen LogP contribution in [0.15, 0.2) is 29.5 Å². The number of aromatic nitrogens is 6. The number of fused-ring (bicyclic) bond motifs is 8. The zero-order chi connectivity index (χ0) is 25.3. The number of pyridine rings is 2. The van der Waals surface area contributed by atoms with E-state index in [1.54, 1.807) is 21.5 Å². The van der Waals surface area contributed by atoms with Crippen molar-refractivity contribution in [3.63, 3.8) is 0 Å². The quantitative estimate of drug-likeness (QED) is 0.371. The number of aryl methyl sites for hydroxylation is 2. The fourth-order valence-electron chi connectivity index (χ4n) is 6.10. The molecule has 2 aliphatic heterocycles. The van der Waals surface area contributed by atoms with Gasteiger partial charge < -0.3 is 10.3 Å². The van der Waals surface area contributed by atoms with E-state index in [0.29, 0.717) is 40.1 Å². The molecule has 0 atom stereocenters. The molecule has 0 aromatic carbocycles. The lowest BCUT2D eigenvalue weighted by Crippen LogP contribution is -2.50. The summed E-state index contributed by atoms with van der Waals surface area (Å²) in [4.78, 5) is 37.7. The first-order valence-electron chi connectivity index (χ1n) is 12.8. The number of thiazole rings is 1. The minimum Gasteiger partial charge on any atom is -0.351 e. The Balaban J connectivity index is 1.15. The van der Waals surface area contributed by atoms with Crippen molar-refractivity contribution in [2.24, 2.45) is 13.0 Å². The number of nitrogens with zero attached hydrogens (tertiary/aromatic N) is 6. The van der Waals surface area contributed by atoms with Gasteiger partial charge in [-0.15, -0.1) is 11.3 Å². The first-order valence-corrected chi connectivity index (χ1v) is 13.6. The third kappa shape index (κ3) is 3.75. The van der Waals surface area contributed by atoms with E-state index in [1.165, 1.54) is 37.0 Å². The van der Waals surface area contributed by atoms with Crippen molar-refractivity contribution in [1.82, 2.24) is 39.6 Å². The van der Waals surface area contributed by atoms with Crippen molar-refractivity contribution in [2.45, 2.75) is 38.6 Å². The molecule has 7 heterocycles. The van der Waals surface area contributed by atoms with Crippen LogP contribution in [0.25, 0.3) is 37.2 Å². The van der Waals surface area contributed by atoms with E-state index >= 15 is 0 Å². The molecule has 5 aromatic heterocycles. The normalized spacial score (nSPS) is 19.9. The van der Waals surface area contributed by atoms with Gasteiger partial charge in [-0.3, -0.25) is 24.2 Å². The van der Waals surface area contributed by atoms with Crippen molar-refractivity contribution < 1.29 is 4.79 Å². The summed E-state index contributed by atoms with van der Waals surface area (Å²) in [6.07, 6.45) is 10.7. The van der Waals surface area contributed by atoms with Gasteiger partial charge in [-0.1, -0.05) is 0 Å². The largest absolute Gasteiger partial charge is 0.351 e. The predicted octanol–water partition coefficient (Wildman–Crippen LogP) is 3.10. The molecular formula is C26H28N8O2S. The van der Waals surface area contributed by atoms with Gasteiger partial charge in [0.25, 0.3) is 11.5 Å². The second kappa shape index (κ2) is 8.49. The van der Waals surface area contributed by atoms with Crippen LogP contribution in [0.2, 0.25) is 0 Å². The second-order valence-electron chi connectivity index (χ2n) is 10.4.